The van der Waals surface area contributed by atoms with E-state index in [0.717, 1.165) is 11.3 Å². The van der Waals surface area contributed by atoms with Crippen molar-refractivity contribution in [1.82, 2.24) is 30.1 Å². The van der Waals surface area contributed by atoms with Gasteiger partial charge in [0.1, 0.15) is 23.8 Å². The highest BCUT2D eigenvalue weighted by molar-refractivity contribution is 6.00. The molecule has 0 bridgehead atoms. The minimum Gasteiger partial charge on any atom is -0.458 e. The maximum absolute atomic E-state index is 14.4. The van der Waals surface area contributed by atoms with Gasteiger partial charge in [-0.05, 0) is 105 Å². The van der Waals surface area contributed by atoms with Crippen LogP contribution in [0.15, 0.2) is 30.5 Å². The molecule has 16 nitrogen and oxygen atoms in total. The van der Waals surface area contributed by atoms with Crippen LogP contribution in [-0.2, 0) is 39.8 Å². The Bertz CT molecular complexity index is 1750. The van der Waals surface area contributed by atoms with Crippen LogP contribution in [0.1, 0.15) is 125 Å². The second kappa shape index (κ2) is 25.3. The Hall–Kier alpha value is -3.67. The molecule has 3 unspecified atom stereocenters. The number of aryl methyl sites for hydroxylation is 1. The number of Topliss-reactive ketones (excluding diaryl/α,β-unsaturated/α-hetero) is 1. The predicted octanol–water partition coefficient (Wildman–Crippen LogP) is 7.46. The Morgan fingerprint density at radius 1 is 1.02 bits per heavy atom. The molecule has 1 aromatic heterocycles. The molecule has 0 aliphatic carbocycles. The fourth-order valence-corrected chi connectivity index (χ4v) is 9.45. The molecule has 3 aliphatic rings. The molecule has 4 heterocycles. The quantitative estimate of drug-likeness (QED) is 0.0871. The van der Waals surface area contributed by atoms with Crippen LogP contribution in [0.3, 0.4) is 0 Å². The van der Waals surface area contributed by atoms with Gasteiger partial charge in [-0.15, -0.1) is 5.10 Å². The largest absolute Gasteiger partial charge is 0.458 e. The van der Waals surface area contributed by atoms with Crippen LogP contribution in [-0.4, -0.2) is 142 Å². The van der Waals surface area contributed by atoms with Crippen molar-refractivity contribution in [1.29, 1.82) is 0 Å². The number of ether oxygens (including phenoxy) is 5. The highest BCUT2D eigenvalue weighted by atomic mass is 16.7. The van der Waals surface area contributed by atoms with Gasteiger partial charge in [-0.2, -0.15) is 0 Å². The number of aliphatic hydroxyl groups is 1. The van der Waals surface area contributed by atoms with Gasteiger partial charge in [0.15, 0.2) is 17.7 Å². The lowest BCUT2D eigenvalue weighted by Gasteiger charge is -2.46. The van der Waals surface area contributed by atoms with Gasteiger partial charge in [-0.3, -0.25) is 19.2 Å². The van der Waals surface area contributed by atoms with E-state index in [1.54, 1.807) is 23.6 Å². The molecule has 16 heteroatoms. The number of benzene rings is 1. The first-order valence-electron chi connectivity index (χ1n) is 21.3. The number of esters is 1. The topological polar surface area (TPSA) is 193 Å². The van der Waals surface area contributed by atoms with Crippen molar-refractivity contribution in [3.8, 4) is 11.3 Å². The summed E-state index contributed by atoms with van der Waals surface area (Å²) in [6, 6.07) is 6.46. The Balaban J connectivity index is 0.00000794. The number of aromatic nitrogens is 3. The second-order valence-corrected chi connectivity index (χ2v) is 17.8. The number of amides is 1. The molecule has 3 aliphatic heterocycles. The number of fused-ring (bicyclic) bond motifs is 1. The molecule has 2 aromatic rings. The summed E-state index contributed by atoms with van der Waals surface area (Å²) >= 11 is 0. The fourth-order valence-electron chi connectivity index (χ4n) is 9.45. The molecular formula is C48H89N7O9. The van der Waals surface area contributed by atoms with Crippen LogP contribution in [0.25, 0.3) is 11.3 Å². The van der Waals surface area contributed by atoms with Gasteiger partial charge >= 0.3 is 12.1 Å². The third-order valence-corrected chi connectivity index (χ3v) is 12.8. The average Bonchev–Trinajstić information content (AvgIpc) is 3.77. The highest BCUT2D eigenvalue weighted by Gasteiger charge is 2.58. The SMILES string of the molecule is C.C.C.C.C.CC[C@H]1OC(=O)[C@H](C)C(=O)[C@H](C)[C@@H](O[C@@H]2OC(C)CC(N(C)C)C2O)[C@](C)(OC)C[C@@H](C)CN[C@H](C)[C@H]2N(CCCCn3cc(-c4cccc(N)c4)nn3)C(=O)O[C@]12C. The molecule has 13 atom stereocenters. The number of rotatable bonds is 11. The first kappa shape index (κ1) is 60.3. The van der Waals surface area contributed by atoms with Crippen molar-refractivity contribution >= 4 is 23.5 Å². The van der Waals surface area contributed by atoms with Gasteiger partial charge in [-0.1, -0.05) is 75.3 Å². The molecule has 3 fully saturated rings. The van der Waals surface area contributed by atoms with Crippen molar-refractivity contribution in [3.05, 3.63) is 30.5 Å². The molecule has 0 saturated carbocycles. The zero-order valence-electron chi connectivity index (χ0n) is 36.9. The van der Waals surface area contributed by atoms with Crippen molar-refractivity contribution in [2.45, 2.75) is 191 Å². The van der Waals surface area contributed by atoms with Gasteiger partial charge in [0, 0.05) is 49.5 Å². The summed E-state index contributed by atoms with van der Waals surface area (Å²) in [7, 11) is 5.39. The van der Waals surface area contributed by atoms with E-state index in [4.69, 9.17) is 29.4 Å². The van der Waals surface area contributed by atoms with Gasteiger partial charge in [0.2, 0.25) is 0 Å². The lowest BCUT2D eigenvalue weighted by Crippen LogP contribution is -2.61. The number of methoxy groups -OCH3 is 1. The van der Waals surface area contributed by atoms with Gasteiger partial charge < -0.3 is 44.7 Å². The number of aliphatic hydroxyl groups excluding tert-OH is 1. The number of hydrogen-bond acceptors (Lipinski definition) is 14. The van der Waals surface area contributed by atoms with Crippen molar-refractivity contribution in [3.63, 3.8) is 0 Å². The summed E-state index contributed by atoms with van der Waals surface area (Å²) in [6.45, 7) is 16.4. The minimum absolute atomic E-state index is 0. The number of nitrogen functional groups attached to an aromatic ring is 1. The summed E-state index contributed by atoms with van der Waals surface area (Å²) in [6.07, 6.45) is 0.194. The standard InChI is InChI=1S/C43H69N7O9.5CH4/c1-12-34-43(8)37(50(41(54)59-43)19-14-13-18-49-24-32(46-47-49)30-16-15-17-31(44)21-30)29(6)45-23-25(2)22-42(7,55-11)38(27(4)35(51)28(5)39(53)57-34)58-40-36(52)33(48(9)10)20-26(3)56-40;;;;;/h15-17,21,24-29,33-34,36-38,40,45,52H,12-14,18-20,22-23,44H2,1-11H3;5*1H4/t25-,26?,27+,28-,29-,33?,34-,36?,37-,38-,40+,42-,43-;;;;;/m1...../s1. The smallest absolute Gasteiger partial charge is 0.410 e. The Labute approximate surface area is 386 Å². The van der Waals surface area contributed by atoms with E-state index in [1.807, 2.05) is 84.1 Å². The van der Waals surface area contributed by atoms with Gasteiger partial charge in [-0.25, -0.2) is 4.79 Å². The number of carbonyl (C=O) groups is 3. The number of anilines is 1. The van der Waals surface area contributed by atoms with Crippen LogP contribution < -0.4 is 11.1 Å². The van der Waals surface area contributed by atoms with Crippen molar-refractivity contribution in [2.75, 3.05) is 40.0 Å². The first-order valence-corrected chi connectivity index (χ1v) is 21.3. The Kier molecular flexibility index (Phi) is 23.8. The monoisotopic (exact) mass is 908 g/mol. The van der Waals surface area contributed by atoms with Crippen LogP contribution in [0.2, 0.25) is 0 Å². The summed E-state index contributed by atoms with van der Waals surface area (Å²) in [5.74, 6) is -3.16. The number of likely N-dealkylation sites (N-methyl/N-ethyl adjacent to an activating group) is 1. The van der Waals surface area contributed by atoms with Gasteiger partial charge in [0.05, 0.1) is 30.0 Å². The average molecular weight is 908 g/mol. The molecule has 4 N–H and O–H groups in total. The Morgan fingerprint density at radius 3 is 2.28 bits per heavy atom. The van der Waals surface area contributed by atoms with Crippen LogP contribution in [0.4, 0.5) is 10.5 Å². The fraction of sp³-hybridized carbons (Fsp3) is 0.771. The Morgan fingerprint density at radius 2 is 1.67 bits per heavy atom. The minimum atomic E-state index is -1.23. The zero-order chi connectivity index (χ0) is 43.4. The molecule has 64 heavy (non-hydrogen) atoms. The molecular weight excluding hydrogens is 819 g/mol. The van der Waals surface area contributed by atoms with Crippen molar-refractivity contribution in [2.24, 2.45) is 17.8 Å². The molecule has 0 radical (unpaired) electrons. The van der Waals surface area contributed by atoms with E-state index in [-0.39, 0.29) is 61.2 Å². The highest BCUT2D eigenvalue weighted by Crippen LogP contribution is 2.40. The van der Waals surface area contributed by atoms with Crippen LogP contribution in [0, 0.1) is 17.8 Å². The molecule has 1 amide bonds. The maximum Gasteiger partial charge on any atom is 0.410 e. The molecule has 1 aromatic carbocycles. The number of ketones is 1. The normalized spacial score (nSPS) is 33.6. The van der Waals surface area contributed by atoms with E-state index in [0.29, 0.717) is 57.4 Å². The van der Waals surface area contributed by atoms with Gasteiger partial charge in [0.25, 0.3) is 0 Å². The third kappa shape index (κ3) is 13.2. The van der Waals surface area contributed by atoms with E-state index >= 15 is 0 Å². The van der Waals surface area contributed by atoms with E-state index < -0.39 is 71.5 Å². The van der Waals surface area contributed by atoms with E-state index in [9.17, 15) is 19.5 Å². The summed E-state index contributed by atoms with van der Waals surface area (Å²) in [5, 5.41) is 23.7. The maximum atomic E-state index is 14.4. The second-order valence-electron chi connectivity index (χ2n) is 17.8. The number of carbonyl (C=O) groups excluding carboxylic acids is 3. The number of hydrogen-bond donors (Lipinski definition) is 3. The number of unbranched alkanes of at least 4 members (excludes halogenated alkanes) is 1. The predicted molar refractivity (Wildman–Crippen MR) is 256 cm³/mol. The lowest BCUT2D eigenvalue weighted by atomic mass is 9.78. The van der Waals surface area contributed by atoms with E-state index in [2.05, 4.69) is 22.6 Å². The number of nitrogens with zero attached hydrogens (tertiary/aromatic N) is 5. The molecule has 3 saturated heterocycles. The summed E-state index contributed by atoms with van der Waals surface area (Å²) in [5.41, 5.74) is 5.95. The van der Waals surface area contributed by atoms with Crippen molar-refractivity contribution < 1.29 is 43.2 Å². The third-order valence-electron chi connectivity index (χ3n) is 12.8. The molecule has 5 rings (SSSR count). The first-order chi connectivity index (χ1) is 27.8. The van der Waals surface area contributed by atoms with Crippen LogP contribution in [0.5, 0.6) is 0 Å². The number of nitrogens with one attached hydrogen (secondary N) is 1. The number of nitrogens with two attached hydrogens (primary N) is 1. The zero-order valence-corrected chi connectivity index (χ0v) is 36.9. The van der Waals surface area contributed by atoms with E-state index in [1.165, 1.54) is 6.92 Å². The summed E-state index contributed by atoms with van der Waals surface area (Å²) in [4.78, 5) is 45.9. The van der Waals surface area contributed by atoms with Crippen LogP contribution >= 0.6 is 0 Å². The molecule has 370 valence electrons. The number of cyclic esters (lactones) is 1. The summed E-state index contributed by atoms with van der Waals surface area (Å²) < 4.78 is 33.3. The molecule has 0 spiro atoms. The lowest BCUT2D eigenvalue weighted by molar-refractivity contribution is -0.295.